The van der Waals surface area contributed by atoms with Crippen molar-refractivity contribution in [3.05, 3.63) is 75.2 Å². The van der Waals surface area contributed by atoms with E-state index in [0.29, 0.717) is 28.2 Å². The number of benzene rings is 2. The molecule has 1 aromatic heterocycles. The van der Waals surface area contributed by atoms with Crippen molar-refractivity contribution in [2.75, 3.05) is 7.05 Å². The summed E-state index contributed by atoms with van der Waals surface area (Å²) in [4.78, 5) is 25.8. The molecule has 12 heteroatoms. The van der Waals surface area contributed by atoms with Crippen LogP contribution in [0, 0.1) is 5.82 Å². The third-order valence-corrected chi connectivity index (χ3v) is 7.01. The molecule has 2 amide bonds. The van der Waals surface area contributed by atoms with Gasteiger partial charge in [0.2, 0.25) is 0 Å². The van der Waals surface area contributed by atoms with Gasteiger partial charge in [-0.2, -0.15) is 18.3 Å². The number of hydrogen-bond acceptors (Lipinski definition) is 5. The number of hydrogen-bond donors (Lipinski definition) is 3. The van der Waals surface area contributed by atoms with Crippen LogP contribution in [0.4, 0.5) is 17.6 Å². The van der Waals surface area contributed by atoms with E-state index in [9.17, 15) is 27.2 Å². The second kappa shape index (κ2) is 8.67. The first-order chi connectivity index (χ1) is 16.0. The van der Waals surface area contributed by atoms with E-state index in [-0.39, 0.29) is 28.6 Å². The number of H-pyrrole nitrogens is 1. The highest BCUT2D eigenvalue weighted by atomic mass is 32.2. The minimum absolute atomic E-state index is 0.171. The van der Waals surface area contributed by atoms with Crippen molar-refractivity contribution in [2.45, 2.75) is 25.0 Å². The summed E-state index contributed by atoms with van der Waals surface area (Å²) in [6.45, 7) is 1.39. The van der Waals surface area contributed by atoms with Crippen LogP contribution in [0.3, 0.4) is 0 Å². The fourth-order valence-electron chi connectivity index (χ4n) is 3.79. The van der Waals surface area contributed by atoms with Crippen molar-refractivity contribution in [3.8, 4) is 0 Å². The van der Waals surface area contributed by atoms with E-state index < -0.39 is 28.8 Å². The van der Waals surface area contributed by atoms with Crippen LogP contribution < -0.4 is 11.1 Å². The Morgan fingerprint density at radius 1 is 1.24 bits per heavy atom. The number of halogens is 4. The summed E-state index contributed by atoms with van der Waals surface area (Å²) in [6.07, 6.45) is -4.63. The van der Waals surface area contributed by atoms with E-state index in [0.717, 1.165) is 23.9 Å². The number of amides is 2. The van der Waals surface area contributed by atoms with Gasteiger partial charge in [0.15, 0.2) is 5.69 Å². The maximum absolute atomic E-state index is 14.5. The molecule has 0 spiro atoms. The smallest absolute Gasteiger partial charge is 0.365 e. The Balaban J connectivity index is 1.74. The van der Waals surface area contributed by atoms with E-state index in [1.54, 1.807) is 30.0 Å². The van der Waals surface area contributed by atoms with Gasteiger partial charge in [0.05, 0.1) is 16.0 Å². The van der Waals surface area contributed by atoms with Gasteiger partial charge in [-0.15, -0.1) is 0 Å². The largest absolute Gasteiger partial charge is 0.416 e. The van der Waals surface area contributed by atoms with Crippen molar-refractivity contribution in [2.24, 2.45) is 5.73 Å². The number of aromatic amines is 1. The first-order valence-corrected chi connectivity index (χ1v) is 10.9. The van der Waals surface area contributed by atoms with Gasteiger partial charge in [0.25, 0.3) is 11.8 Å². The van der Waals surface area contributed by atoms with Crippen molar-refractivity contribution in [1.82, 2.24) is 20.4 Å². The number of carbonyl (C=O) groups excluding carboxylic acids is 2. The summed E-state index contributed by atoms with van der Waals surface area (Å²) in [7, 11) is 1.48. The predicted molar refractivity (Wildman–Crippen MR) is 119 cm³/mol. The number of rotatable bonds is 5. The maximum Gasteiger partial charge on any atom is 0.416 e. The molecule has 0 fully saturated rings. The van der Waals surface area contributed by atoms with Crippen LogP contribution in [0.1, 0.15) is 39.5 Å². The lowest BCUT2D eigenvalue weighted by Gasteiger charge is -2.28. The molecular formula is C22H19F4N5O2S. The standard InChI is InChI=1S/C22H19F4N5O2S/c1-10-18(19(27)32)34-21(11-3-5-14-16(8-11)29-30-17(14)20(33)28-2)31(10)9-12-7-13(22(24,25)26)4-6-15(12)23/h3-8,21H,9H2,1-2H3,(H2,27,32)(H,28,33)(H,29,30). The second-order valence-corrected chi connectivity index (χ2v) is 8.73. The number of aromatic nitrogens is 2. The fraction of sp³-hybridized carbons (Fsp3) is 0.227. The summed E-state index contributed by atoms with van der Waals surface area (Å²) in [6, 6.07) is 7.35. The zero-order valence-corrected chi connectivity index (χ0v) is 18.8. The van der Waals surface area contributed by atoms with Crippen LogP contribution in [0.2, 0.25) is 0 Å². The first kappa shape index (κ1) is 23.6. The molecule has 2 aromatic carbocycles. The van der Waals surface area contributed by atoms with Gasteiger partial charge in [-0.25, -0.2) is 4.39 Å². The highest BCUT2D eigenvalue weighted by Gasteiger charge is 2.36. The number of allylic oxidation sites excluding steroid dienone is 1. The van der Waals surface area contributed by atoms with E-state index in [4.69, 9.17) is 5.73 Å². The monoisotopic (exact) mass is 493 g/mol. The van der Waals surface area contributed by atoms with Gasteiger partial charge in [0.1, 0.15) is 11.2 Å². The Hall–Kier alpha value is -3.54. The molecule has 3 aromatic rings. The predicted octanol–water partition coefficient (Wildman–Crippen LogP) is 4.04. The Morgan fingerprint density at radius 3 is 2.62 bits per heavy atom. The lowest BCUT2D eigenvalue weighted by atomic mass is 10.1. The van der Waals surface area contributed by atoms with Gasteiger partial charge < -0.3 is 16.0 Å². The number of primary amides is 1. The summed E-state index contributed by atoms with van der Waals surface area (Å²) < 4.78 is 54.0. The molecule has 1 aliphatic rings. The highest BCUT2D eigenvalue weighted by molar-refractivity contribution is 8.04. The molecule has 1 atom stereocenters. The maximum atomic E-state index is 14.5. The molecule has 34 heavy (non-hydrogen) atoms. The SMILES string of the molecule is CNC(=O)c1n[nH]c2cc(C3SC(C(N)=O)=C(C)N3Cc3cc(C(F)(F)F)ccc3F)ccc12. The molecule has 0 bridgehead atoms. The van der Waals surface area contributed by atoms with Crippen molar-refractivity contribution in [3.63, 3.8) is 0 Å². The Morgan fingerprint density at radius 2 is 1.97 bits per heavy atom. The van der Waals surface area contributed by atoms with Gasteiger partial charge in [-0.3, -0.25) is 14.7 Å². The van der Waals surface area contributed by atoms with Crippen molar-refractivity contribution < 1.29 is 27.2 Å². The summed E-state index contributed by atoms with van der Waals surface area (Å²) in [5.41, 5.74) is 6.21. The molecule has 4 N–H and O–H groups in total. The third kappa shape index (κ3) is 4.20. The number of nitrogens with zero attached hydrogens (tertiary/aromatic N) is 2. The molecule has 4 rings (SSSR count). The lowest BCUT2D eigenvalue weighted by molar-refractivity contribution is -0.137. The zero-order chi connectivity index (χ0) is 24.8. The molecule has 0 saturated heterocycles. The number of nitrogens with one attached hydrogen (secondary N) is 2. The number of alkyl halides is 3. The van der Waals surface area contributed by atoms with Crippen molar-refractivity contribution >= 4 is 34.5 Å². The second-order valence-electron chi connectivity index (χ2n) is 7.64. The minimum atomic E-state index is -4.63. The van der Waals surface area contributed by atoms with Gasteiger partial charge in [-0.05, 0) is 42.8 Å². The molecule has 2 heterocycles. The summed E-state index contributed by atoms with van der Waals surface area (Å²) >= 11 is 1.12. The van der Waals surface area contributed by atoms with Crippen LogP contribution in [0.15, 0.2) is 47.0 Å². The molecule has 1 aliphatic heterocycles. The van der Waals surface area contributed by atoms with Crippen LogP contribution in [0.25, 0.3) is 10.9 Å². The molecule has 0 aliphatic carbocycles. The number of carbonyl (C=O) groups is 2. The van der Waals surface area contributed by atoms with Crippen LogP contribution in [-0.2, 0) is 17.5 Å². The minimum Gasteiger partial charge on any atom is -0.365 e. The summed E-state index contributed by atoms with van der Waals surface area (Å²) in [5, 5.41) is 9.30. The van der Waals surface area contributed by atoms with Gasteiger partial charge >= 0.3 is 6.18 Å². The average Bonchev–Trinajstić information content (AvgIpc) is 3.35. The van der Waals surface area contributed by atoms with Gasteiger partial charge in [0, 0.05) is 30.2 Å². The molecule has 0 saturated carbocycles. The van der Waals surface area contributed by atoms with E-state index in [1.807, 2.05) is 0 Å². The molecule has 7 nitrogen and oxygen atoms in total. The Bertz CT molecular complexity index is 1330. The van der Waals surface area contributed by atoms with E-state index in [1.165, 1.54) is 7.05 Å². The highest BCUT2D eigenvalue weighted by Crippen LogP contribution is 2.48. The number of fused-ring (bicyclic) bond motifs is 1. The average molecular weight is 493 g/mol. The molecule has 178 valence electrons. The first-order valence-electron chi connectivity index (χ1n) is 10.0. The quantitative estimate of drug-likeness (QED) is 0.466. The number of thioether (sulfide) groups is 1. The van der Waals surface area contributed by atoms with E-state index >= 15 is 0 Å². The zero-order valence-electron chi connectivity index (χ0n) is 18.0. The van der Waals surface area contributed by atoms with E-state index in [2.05, 4.69) is 15.5 Å². The third-order valence-electron chi connectivity index (χ3n) is 5.52. The lowest BCUT2D eigenvalue weighted by Crippen LogP contribution is -2.23. The molecule has 0 radical (unpaired) electrons. The van der Waals surface area contributed by atoms with Crippen LogP contribution >= 0.6 is 11.8 Å². The number of nitrogens with two attached hydrogens (primary N) is 1. The molecular weight excluding hydrogens is 474 g/mol. The Labute approximate surface area is 195 Å². The van der Waals surface area contributed by atoms with Gasteiger partial charge in [-0.1, -0.05) is 17.8 Å². The fourth-order valence-corrected chi connectivity index (χ4v) is 5.06. The normalized spacial score (nSPS) is 16.4. The van der Waals surface area contributed by atoms with Crippen molar-refractivity contribution in [1.29, 1.82) is 0 Å². The molecule has 1 unspecified atom stereocenters. The summed E-state index contributed by atoms with van der Waals surface area (Å²) in [5.74, 6) is -1.86. The topological polar surface area (TPSA) is 104 Å². The van der Waals surface area contributed by atoms with Crippen LogP contribution in [0.5, 0.6) is 0 Å². The Kier molecular flexibility index (Phi) is 6.02. The van der Waals surface area contributed by atoms with Crippen LogP contribution in [-0.4, -0.2) is 34.0 Å².